The number of rotatable bonds is 14. The van der Waals surface area contributed by atoms with Gasteiger partial charge in [-0.05, 0) is 65.6 Å². The average Bonchev–Trinajstić information content (AvgIpc) is 3.24. The van der Waals surface area contributed by atoms with Gasteiger partial charge in [-0.15, -0.1) is 37.9 Å². The fourth-order valence-electron chi connectivity index (χ4n) is 6.34. The first kappa shape index (κ1) is 57.2. The molecule has 1 heterocycles. The molecule has 4 aromatic rings. The molecule has 1 amide bonds. The number of carbonyl (C=O) groups excluding carboxylic acids is 1. The first-order valence-electron chi connectivity index (χ1n) is 18.8. The number of anilines is 1. The van der Waals surface area contributed by atoms with Gasteiger partial charge in [0.1, 0.15) is 16.2 Å². The minimum absolute atomic E-state index is 0.0284. The van der Waals surface area contributed by atoms with Gasteiger partial charge in [0, 0.05) is 66.5 Å². The van der Waals surface area contributed by atoms with E-state index in [1.807, 2.05) is 0 Å². The van der Waals surface area contributed by atoms with Crippen LogP contribution in [0.1, 0.15) is 34.3 Å². The molecule has 0 fully saturated rings. The normalized spacial score (nSPS) is 11.4. The minimum atomic E-state index is -4.96. The number of aliphatic carboxylic acids is 1. The van der Waals surface area contributed by atoms with Crippen molar-refractivity contribution in [3.63, 3.8) is 0 Å². The molecule has 1 aliphatic heterocycles. The average molecular weight is 1090 g/mol. The molecule has 25 nitrogen and oxygen atoms in total. The molecule has 1 aliphatic carbocycles. The predicted molar refractivity (Wildman–Crippen MR) is 240 cm³/mol. The maximum absolute atomic E-state index is 13.9. The molecule has 0 bridgehead atoms. The summed E-state index contributed by atoms with van der Waals surface area (Å²) in [6.07, 6.45) is 0.0309. The second-order valence-corrected chi connectivity index (χ2v) is 19.2. The third-order valence-electron chi connectivity index (χ3n) is 9.12. The molecule has 70 heavy (non-hydrogen) atoms. The Morgan fingerprint density at radius 1 is 0.671 bits per heavy atom. The molecule has 0 aromatic heterocycles. The minimum Gasteiger partial charge on any atom is -0.481 e. The van der Waals surface area contributed by atoms with Crippen molar-refractivity contribution >= 4 is 90.7 Å². The molecule has 6 rings (SSSR count). The molecule has 2 aliphatic rings. The molecule has 5 N–H and O–H groups in total. The molecule has 374 valence electrons. The van der Waals surface area contributed by atoms with E-state index in [1.54, 1.807) is 48.5 Å². The number of fused-ring (bicyclic) bond motifs is 2. The Bertz CT molecular complexity index is 3590. The van der Waals surface area contributed by atoms with Gasteiger partial charge < -0.3 is 19.7 Å². The summed E-state index contributed by atoms with van der Waals surface area (Å²) in [5, 5.41) is 12.4. The molecular weight excluding hydrogens is 1050 g/mol. The van der Waals surface area contributed by atoms with Crippen LogP contribution in [0.3, 0.4) is 0 Å². The Morgan fingerprint density at radius 3 is 1.79 bits per heavy atom. The first-order valence-corrected chi connectivity index (χ1v) is 26.1. The molecule has 0 spiro atoms. The molecule has 0 saturated carbocycles. The van der Waals surface area contributed by atoms with E-state index in [1.165, 1.54) is 54.4 Å². The molecule has 0 unspecified atom stereocenters. The van der Waals surface area contributed by atoms with E-state index < -0.39 is 79.0 Å². The maximum atomic E-state index is 13.9. The fraction of sp³-hybridized carbons (Fsp3) is 0.154. The number of benzene rings is 5. The van der Waals surface area contributed by atoms with Crippen LogP contribution in [0.15, 0.2) is 127 Å². The molecule has 0 saturated heterocycles. The number of hydrogen-bond donors (Lipinski definition) is 5. The number of carboxylic acids is 1. The summed E-state index contributed by atoms with van der Waals surface area (Å²) >= 11 is 0. The van der Waals surface area contributed by atoms with Crippen LogP contribution < -0.4 is 10.7 Å². The lowest BCUT2D eigenvalue weighted by molar-refractivity contribution is -0.137. The Hall–Kier alpha value is -7.10. The Kier molecular flexibility index (Phi) is 20.4. The second-order valence-electron chi connectivity index (χ2n) is 13.7. The van der Waals surface area contributed by atoms with Gasteiger partial charge in [0.2, 0.25) is 0 Å². The van der Waals surface area contributed by atoms with E-state index in [2.05, 4.69) is 10.3 Å². The Balaban J connectivity index is 0.000000970. The van der Waals surface area contributed by atoms with Crippen LogP contribution in [0.25, 0.3) is 33.4 Å². The SMILES string of the molecule is CN(CCCC(=O)O)C(=O)c1ccccc1-c1c2cc(S(=O)(=O)O)c(=NCc3ccc(S(=O)(=O)O)cc3)cc-2oc2cc(NCc3ccccc3S(=O)(=O)O)ccc12.O=S(=O)=O.O=S(=O)=O.O=S(=O)=O. The highest BCUT2D eigenvalue weighted by atomic mass is 32.2. The largest absolute Gasteiger partial charge is 0.481 e. The lowest BCUT2D eigenvalue weighted by atomic mass is 9.90. The molecule has 31 heteroatoms. The Labute approximate surface area is 401 Å². The van der Waals surface area contributed by atoms with E-state index in [9.17, 15) is 48.5 Å². The van der Waals surface area contributed by atoms with Crippen molar-refractivity contribution in [3.05, 3.63) is 125 Å². The maximum Gasteiger partial charge on any atom is 0.425 e. The number of nitrogens with one attached hydrogen (secondary N) is 1. The lowest BCUT2D eigenvalue weighted by Crippen LogP contribution is -2.28. The van der Waals surface area contributed by atoms with E-state index >= 15 is 0 Å². The number of carboxylic acid groups (broad SMARTS) is 1. The molecular formula is C39H35N3O22S6. The smallest absolute Gasteiger partial charge is 0.425 e. The van der Waals surface area contributed by atoms with E-state index in [0.29, 0.717) is 27.8 Å². The third kappa shape index (κ3) is 17.5. The second kappa shape index (κ2) is 25.0. The van der Waals surface area contributed by atoms with Crippen molar-refractivity contribution in [1.29, 1.82) is 0 Å². The van der Waals surface area contributed by atoms with Gasteiger partial charge in [0.25, 0.3) is 36.3 Å². The van der Waals surface area contributed by atoms with Crippen molar-refractivity contribution in [1.82, 2.24) is 4.90 Å². The monoisotopic (exact) mass is 1090 g/mol. The topological polar surface area (TPSA) is 412 Å². The van der Waals surface area contributed by atoms with Gasteiger partial charge >= 0.3 is 37.8 Å². The quantitative estimate of drug-likeness (QED) is 0.0773. The fourth-order valence-corrected chi connectivity index (χ4v) is 8.20. The van der Waals surface area contributed by atoms with Crippen molar-refractivity contribution in [3.8, 4) is 22.5 Å². The highest BCUT2D eigenvalue weighted by molar-refractivity contribution is 7.86. The summed E-state index contributed by atoms with van der Waals surface area (Å²) in [5.41, 5.74) is 2.40. The van der Waals surface area contributed by atoms with Crippen LogP contribution >= 0.6 is 0 Å². The van der Waals surface area contributed by atoms with Crippen molar-refractivity contribution < 1.29 is 95.9 Å². The van der Waals surface area contributed by atoms with Gasteiger partial charge in [0.15, 0.2) is 0 Å². The van der Waals surface area contributed by atoms with Gasteiger partial charge in [-0.2, -0.15) is 25.3 Å². The van der Waals surface area contributed by atoms with Gasteiger partial charge in [-0.25, -0.2) is 0 Å². The molecule has 0 radical (unpaired) electrons. The van der Waals surface area contributed by atoms with Gasteiger partial charge in [0.05, 0.1) is 21.7 Å². The van der Waals surface area contributed by atoms with E-state index in [-0.39, 0.29) is 75.7 Å². The van der Waals surface area contributed by atoms with Crippen LogP contribution in [-0.2, 0) is 80.1 Å². The number of amides is 1. The van der Waals surface area contributed by atoms with Crippen molar-refractivity contribution in [2.75, 3.05) is 18.9 Å². The zero-order valence-corrected chi connectivity index (χ0v) is 40.2. The standard InChI is InChI=1S/C39H35N3O13S3.3O3S/c1-42(18-6-11-37(43)44)39(45)29-9-4-3-8-28(29)38-30-17-14-26(40-23-25-7-2-5-10-35(25)57(49,50)51)19-33(30)55-34-21-32(36(20-31(34)38)58(52,53)54)41-22-24-12-15-27(16-13-24)56(46,47)48;3*1-4(2)3/h2-5,7-10,12-17,19-21,40H,6,11,18,22-23H2,1H3,(H,43,44)(H,46,47,48)(H,49,50,51)(H,52,53,54);;;. The van der Waals surface area contributed by atoms with E-state index in [4.69, 9.17) is 47.4 Å². The zero-order valence-electron chi connectivity index (χ0n) is 35.3. The summed E-state index contributed by atoms with van der Waals surface area (Å²) in [6.45, 7) is -0.0958. The predicted octanol–water partition coefficient (Wildman–Crippen LogP) is 2.58. The summed E-state index contributed by atoms with van der Waals surface area (Å²) in [4.78, 5) is 29.6. The summed E-state index contributed by atoms with van der Waals surface area (Å²) < 4.78 is 185. The van der Waals surface area contributed by atoms with Crippen LogP contribution in [-0.4, -0.2) is 112 Å². The number of carbonyl (C=O) groups is 2. The Morgan fingerprint density at radius 2 is 1.23 bits per heavy atom. The van der Waals surface area contributed by atoms with Gasteiger partial charge in [-0.3, -0.25) is 28.2 Å². The zero-order chi connectivity index (χ0) is 52.7. The van der Waals surface area contributed by atoms with Gasteiger partial charge in [-0.1, -0.05) is 48.5 Å². The summed E-state index contributed by atoms with van der Waals surface area (Å²) in [7, 11) is -21.8. The highest BCUT2D eigenvalue weighted by Gasteiger charge is 2.26. The van der Waals surface area contributed by atoms with Crippen molar-refractivity contribution in [2.24, 2.45) is 4.99 Å². The van der Waals surface area contributed by atoms with Crippen LogP contribution in [0, 0.1) is 0 Å². The first-order chi connectivity index (χ1) is 32.5. The molecule has 4 aromatic carbocycles. The number of nitrogens with zero attached hydrogens (tertiary/aromatic N) is 2. The van der Waals surface area contributed by atoms with Crippen LogP contribution in [0.4, 0.5) is 5.69 Å². The third-order valence-corrected chi connectivity index (χ3v) is 11.8. The van der Waals surface area contributed by atoms with Crippen molar-refractivity contribution in [2.45, 2.75) is 40.6 Å². The summed E-state index contributed by atoms with van der Waals surface area (Å²) in [5.74, 6) is -1.40. The number of hydrogen-bond acceptors (Lipinski definition) is 20. The molecule has 0 atom stereocenters. The highest BCUT2D eigenvalue weighted by Crippen LogP contribution is 2.43. The van der Waals surface area contributed by atoms with Crippen LogP contribution in [0.5, 0.6) is 0 Å². The van der Waals surface area contributed by atoms with E-state index in [0.717, 1.165) is 12.1 Å². The summed E-state index contributed by atoms with van der Waals surface area (Å²) in [6, 6.07) is 24.8. The lowest BCUT2D eigenvalue weighted by Gasteiger charge is -2.22. The van der Waals surface area contributed by atoms with Crippen LogP contribution in [0.2, 0.25) is 0 Å².